The third-order valence-corrected chi connectivity index (χ3v) is 1.26. The molecule has 5 heteroatoms. The topological polar surface area (TPSA) is 76.7 Å². The monoisotopic (exact) mass is 185 g/mol. The molecule has 0 aliphatic heterocycles. The fraction of sp³-hybridized carbons (Fsp3) is 0.500. The van der Waals surface area contributed by atoms with Gasteiger partial charge in [-0.1, -0.05) is 0 Å². The minimum Gasteiger partial charge on any atom is -0.403 e. The highest BCUT2D eigenvalue weighted by molar-refractivity contribution is 5.87. The molecule has 0 rings (SSSR count). The third kappa shape index (κ3) is 5.86. The average molecular weight is 185 g/mol. The third-order valence-electron chi connectivity index (χ3n) is 1.26. The van der Waals surface area contributed by atoms with E-state index in [4.69, 9.17) is 10.5 Å². The number of ether oxygens (including phenoxy) is 1. The Balaban J connectivity index is 3.88. The Bertz CT molecular complexity index is 211. The van der Waals surface area contributed by atoms with Crippen molar-refractivity contribution < 1.29 is 9.53 Å². The lowest BCUT2D eigenvalue weighted by molar-refractivity contribution is -0.121. The van der Waals surface area contributed by atoms with E-state index in [1.807, 2.05) is 0 Å². The molecule has 0 spiro atoms. The normalized spacial score (nSPS) is 12.0. The Kier molecular flexibility index (Phi) is 6.53. The quantitative estimate of drug-likeness (QED) is 0.574. The van der Waals surface area contributed by atoms with Crippen LogP contribution in [0.25, 0.3) is 0 Å². The van der Waals surface area contributed by atoms with Crippen molar-refractivity contribution in [2.45, 2.75) is 6.42 Å². The standard InChI is InChI=1S/C8H15N3O2/c1-10-6-7(5-9)11-8(12)3-4-13-2/h5-6H,3-4,9H2,1-2H3,(H,11,12)/b7-5+,10-6?. The average Bonchev–Trinajstić information content (AvgIpc) is 2.14. The van der Waals surface area contributed by atoms with Crippen molar-refractivity contribution in [1.82, 2.24) is 5.32 Å². The van der Waals surface area contributed by atoms with E-state index in [0.717, 1.165) is 0 Å². The number of allylic oxidation sites excluding steroid dienone is 1. The molecule has 3 N–H and O–H groups in total. The lowest BCUT2D eigenvalue weighted by Crippen LogP contribution is -2.25. The van der Waals surface area contributed by atoms with Crippen LogP contribution >= 0.6 is 0 Å². The number of nitrogens with two attached hydrogens (primary N) is 1. The molecule has 0 radical (unpaired) electrons. The second-order valence-corrected chi connectivity index (χ2v) is 2.30. The molecular formula is C8H15N3O2. The van der Waals surface area contributed by atoms with Gasteiger partial charge in [-0.3, -0.25) is 9.79 Å². The van der Waals surface area contributed by atoms with Gasteiger partial charge in [-0.15, -0.1) is 0 Å². The van der Waals surface area contributed by atoms with E-state index >= 15 is 0 Å². The lowest BCUT2D eigenvalue weighted by atomic mass is 10.4. The van der Waals surface area contributed by atoms with Gasteiger partial charge in [0.05, 0.1) is 18.7 Å². The SMILES string of the molecule is CN=C/C(=C\N)NC(=O)CCOC. The second kappa shape index (κ2) is 7.30. The molecule has 0 aliphatic rings. The molecule has 0 atom stereocenters. The number of carbonyl (C=O) groups is 1. The molecule has 0 saturated heterocycles. The molecule has 13 heavy (non-hydrogen) atoms. The Labute approximate surface area is 77.7 Å². The van der Waals surface area contributed by atoms with Gasteiger partial charge in [-0.25, -0.2) is 0 Å². The van der Waals surface area contributed by atoms with Gasteiger partial charge in [0.25, 0.3) is 0 Å². The van der Waals surface area contributed by atoms with E-state index in [0.29, 0.717) is 18.7 Å². The van der Waals surface area contributed by atoms with Crippen LogP contribution in [0, 0.1) is 0 Å². The summed E-state index contributed by atoms with van der Waals surface area (Å²) in [6, 6.07) is 0. The molecule has 0 aliphatic carbocycles. The highest BCUT2D eigenvalue weighted by Gasteiger charge is 2.01. The molecule has 0 aromatic carbocycles. The van der Waals surface area contributed by atoms with Gasteiger partial charge in [0, 0.05) is 26.6 Å². The largest absolute Gasteiger partial charge is 0.403 e. The Morgan fingerprint density at radius 3 is 2.85 bits per heavy atom. The number of nitrogens with zero attached hydrogens (tertiary/aromatic N) is 1. The first-order valence-electron chi connectivity index (χ1n) is 3.87. The number of nitrogens with one attached hydrogen (secondary N) is 1. The first-order chi connectivity index (χ1) is 6.24. The number of methoxy groups -OCH3 is 1. The smallest absolute Gasteiger partial charge is 0.226 e. The summed E-state index contributed by atoms with van der Waals surface area (Å²) in [5.74, 6) is -0.140. The van der Waals surface area contributed by atoms with Crippen LogP contribution in [0.15, 0.2) is 16.9 Å². The maximum atomic E-state index is 11.1. The summed E-state index contributed by atoms with van der Waals surface area (Å²) < 4.78 is 4.74. The van der Waals surface area contributed by atoms with E-state index in [1.165, 1.54) is 12.4 Å². The number of carbonyl (C=O) groups excluding carboxylic acids is 1. The molecule has 0 aromatic heterocycles. The van der Waals surface area contributed by atoms with Crippen molar-refractivity contribution in [3.63, 3.8) is 0 Å². The van der Waals surface area contributed by atoms with Gasteiger partial charge >= 0.3 is 0 Å². The summed E-state index contributed by atoms with van der Waals surface area (Å²) in [7, 11) is 3.14. The first kappa shape index (κ1) is 11.6. The first-order valence-corrected chi connectivity index (χ1v) is 3.87. The van der Waals surface area contributed by atoms with Crippen LogP contribution in [-0.4, -0.2) is 32.9 Å². The van der Waals surface area contributed by atoms with Crippen LogP contribution in [0.4, 0.5) is 0 Å². The van der Waals surface area contributed by atoms with Gasteiger partial charge in [-0.05, 0) is 0 Å². The van der Waals surface area contributed by atoms with Crippen LogP contribution in [-0.2, 0) is 9.53 Å². The number of aliphatic imine (C=N–C) groups is 1. The van der Waals surface area contributed by atoms with E-state index in [1.54, 1.807) is 14.2 Å². The predicted molar refractivity (Wildman–Crippen MR) is 51.3 cm³/mol. The number of amides is 1. The highest BCUT2D eigenvalue weighted by atomic mass is 16.5. The zero-order chi connectivity index (χ0) is 10.1. The number of rotatable bonds is 5. The molecule has 1 amide bonds. The second-order valence-electron chi connectivity index (χ2n) is 2.30. The summed E-state index contributed by atoms with van der Waals surface area (Å²) in [4.78, 5) is 14.8. The van der Waals surface area contributed by atoms with Crippen molar-refractivity contribution in [3.05, 3.63) is 11.9 Å². The summed E-state index contributed by atoms with van der Waals surface area (Å²) in [6.07, 6.45) is 3.08. The van der Waals surface area contributed by atoms with Crippen LogP contribution in [0.5, 0.6) is 0 Å². The molecule has 0 fully saturated rings. The summed E-state index contributed by atoms with van der Waals surface area (Å²) >= 11 is 0. The Hall–Kier alpha value is -1.36. The maximum absolute atomic E-state index is 11.1. The highest BCUT2D eigenvalue weighted by Crippen LogP contribution is 1.86. The van der Waals surface area contributed by atoms with Gasteiger partial charge in [0.2, 0.25) is 5.91 Å². The summed E-state index contributed by atoms with van der Waals surface area (Å²) in [5.41, 5.74) is 5.73. The van der Waals surface area contributed by atoms with Gasteiger partial charge in [0.15, 0.2) is 0 Å². The van der Waals surface area contributed by atoms with Crippen molar-refractivity contribution in [1.29, 1.82) is 0 Å². The fourth-order valence-electron chi connectivity index (χ4n) is 0.674. The van der Waals surface area contributed by atoms with Crippen molar-refractivity contribution in [2.75, 3.05) is 20.8 Å². The number of hydrogen-bond acceptors (Lipinski definition) is 4. The van der Waals surface area contributed by atoms with Gasteiger partial charge in [-0.2, -0.15) is 0 Å². The van der Waals surface area contributed by atoms with E-state index in [-0.39, 0.29) is 5.91 Å². The fourth-order valence-corrected chi connectivity index (χ4v) is 0.674. The molecule has 0 unspecified atom stereocenters. The van der Waals surface area contributed by atoms with Gasteiger partial charge < -0.3 is 15.8 Å². The van der Waals surface area contributed by atoms with Crippen LogP contribution < -0.4 is 11.1 Å². The van der Waals surface area contributed by atoms with Crippen molar-refractivity contribution in [2.24, 2.45) is 10.7 Å². The van der Waals surface area contributed by atoms with Crippen LogP contribution in [0.1, 0.15) is 6.42 Å². The van der Waals surface area contributed by atoms with Crippen LogP contribution in [0.2, 0.25) is 0 Å². The molecule has 0 aromatic rings. The molecular weight excluding hydrogens is 170 g/mol. The Morgan fingerprint density at radius 1 is 1.69 bits per heavy atom. The maximum Gasteiger partial charge on any atom is 0.226 e. The summed E-state index contributed by atoms with van der Waals surface area (Å²) in [5, 5.41) is 2.57. The zero-order valence-electron chi connectivity index (χ0n) is 7.91. The van der Waals surface area contributed by atoms with Gasteiger partial charge in [0.1, 0.15) is 0 Å². The van der Waals surface area contributed by atoms with E-state index in [2.05, 4.69) is 10.3 Å². The summed E-state index contributed by atoms with van der Waals surface area (Å²) in [6.45, 7) is 0.396. The minimum absolute atomic E-state index is 0.140. The van der Waals surface area contributed by atoms with E-state index in [9.17, 15) is 4.79 Å². The number of hydrogen-bond donors (Lipinski definition) is 2. The van der Waals surface area contributed by atoms with Crippen LogP contribution in [0.3, 0.4) is 0 Å². The lowest BCUT2D eigenvalue weighted by Gasteiger charge is -2.03. The molecule has 74 valence electrons. The predicted octanol–water partition coefficient (Wildman–Crippen LogP) is -0.360. The Morgan fingerprint density at radius 2 is 2.38 bits per heavy atom. The molecule has 0 bridgehead atoms. The van der Waals surface area contributed by atoms with Crippen molar-refractivity contribution in [3.8, 4) is 0 Å². The zero-order valence-corrected chi connectivity index (χ0v) is 7.91. The molecule has 0 heterocycles. The van der Waals surface area contributed by atoms with E-state index < -0.39 is 0 Å². The minimum atomic E-state index is -0.140. The molecule has 5 nitrogen and oxygen atoms in total. The molecule has 0 saturated carbocycles. The van der Waals surface area contributed by atoms with Crippen molar-refractivity contribution >= 4 is 12.1 Å².